The molecular weight excluding hydrogens is 155 g/mol. The van der Waals surface area contributed by atoms with E-state index in [0.29, 0.717) is 0 Å². The van der Waals surface area contributed by atoms with Crippen molar-refractivity contribution in [2.45, 2.75) is 52.4 Å². The maximum Gasteiger partial charge on any atom is 0.176 e. The van der Waals surface area contributed by atoms with Crippen molar-refractivity contribution >= 4 is 7.28 Å². The first-order valence-electron chi connectivity index (χ1n) is 5.62. The summed E-state index contributed by atoms with van der Waals surface area (Å²) >= 11 is 0. The van der Waals surface area contributed by atoms with E-state index in [0.717, 1.165) is 0 Å². The molecule has 0 fully saturated rings. The summed E-state index contributed by atoms with van der Waals surface area (Å²) in [5.74, 6) is 2.20. The molecule has 1 heteroatoms. The predicted molar refractivity (Wildman–Crippen MR) is 61.0 cm³/mol. The number of hydrogen-bond acceptors (Lipinski definition) is 0. The number of unbranched alkanes of at least 4 members (excludes halogenated alkanes) is 2. The van der Waals surface area contributed by atoms with Crippen LogP contribution in [0.1, 0.15) is 52.4 Å². The molecule has 0 saturated heterocycles. The molecule has 0 N–H and O–H groups in total. The van der Waals surface area contributed by atoms with Crippen LogP contribution >= 0.6 is 0 Å². The molecule has 0 bridgehead atoms. The lowest BCUT2D eigenvalue weighted by molar-refractivity contribution is 0.773. The minimum Gasteiger partial charge on any atom is -0.116 e. The second-order valence-electron chi connectivity index (χ2n) is 3.78. The van der Waals surface area contributed by atoms with E-state index >= 15 is 0 Å². The van der Waals surface area contributed by atoms with Crippen LogP contribution in [0, 0.1) is 0 Å². The average molecular weight is 175 g/mol. The first-order chi connectivity index (χ1) is 6.38. The Morgan fingerprint density at radius 2 is 1.77 bits per heavy atom. The van der Waals surface area contributed by atoms with Crippen molar-refractivity contribution in [1.29, 1.82) is 0 Å². The molecule has 0 atom stereocenters. The second-order valence-corrected chi connectivity index (χ2v) is 3.78. The Kier molecular flexibility index (Phi) is 4.96. The molecular formula is C12H20B. The minimum atomic E-state index is 1.28. The summed E-state index contributed by atoms with van der Waals surface area (Å²) in [7, 11) is 2.29. The zero-order valence-electron chi connectivity index (χ0n) is 8.97. The quantitative estimate of drug-likeness (QED) is 0.538. The second kappa shape index (κ2) is 6.07. The third-order valence-corrected chi connectivity index (χ3v) is 2.61. The Morgan fingerprint density at radius 3 is 2.46 bits per heavy atom. The van der Waals surface area contributed by atoms with Crippen molar-refractivity contribution < 1.29 is 0 Å². The highest BCUT2D eigenvalue weighted by Gasteiger charge is 2.08. The molecule has 0 aromatic carbocycles. The molecule has 1 aliphatic heterocycles. The average Bonchev–Trinajstić information content (AvgIpc) is 2.59. The normalized spacial score (nSPS) is 15.2. The molecule has 0 aromatic rings. The van der Waals surface area contributed by atoms with Gasteiger partial charge in [-0.3, -0.25) is 0 Å². The van der Waals surface area contributed by atoms with Crippen LogP contribution in [0.3, 0.4) is 0 Å². The van der Waals surface area contributed by atoms with Gasteiger partial charge in [-0.15, -0.1) is 11.4 Å². The van der Waals surface area contributed by atoms with Gasteiger partial charge in [0.1, 0.15) is 0 Å². The van der Waals surface area contributed by atoms with Gasteiger partial charge in [0.25, 0.3) is 0 Å². The molecule has 0 spiro atoms. The monoisotopic (exact) mass is 175 g/mol. The van der Waals surface area contributed by atoms with Gasteiger partial charge in [0.2, 0.25) is 0 Å². The largest absolute Gasteiger partial charge is 0.176 e. The first-order valence-corrected chi connectivity index (χ1v) is 5.62. The van der Waals surface area contributed by atoms with E-state index < -0.39 is 0 Å². The fourth-order valence-corrected chi connectivity index (χ4v) is 1.72. The highest BCUT2D eigenvalue weighted by Crippen LogP contribution is 2.22. The maximum atomic E-state index is 2.29. The molecule has 0 aliphatic carbocycles. The lowest BCUT2D eigenvalue weighted by Crippen LogP contribution is -1.92. The standard InChI is InChI=1S/C12H20B/c1-3-5-7-11-9-10-13-12(11)8-6-4-2/h9-10H,3-8H2,1-2H3. The number of rotatable bonds is 6. The molecule has 1 heterocycles. The summed E-state index contributed by atoms with van der Waals surface area (Å²) < 4.78 is 0. The van der Waals surface area contributed by atoms with E-state index in [4.69, 9.17) is 0 Å². The highest BCUT2D eigenvalue weighted by molar-refractivity contribution is 6.52. The fourth-order valence-electron chi connectivity index (χ4n) is 1.72. The van der Waals surface area contributed by atoms with Gasteiger partial charge in [-0.05, 0) is 19.3 Å². The van der Waals surface area contributed by atoms with Crippen LogP contribution in [0.25, 0.3) is 0 Å². The molecule has 1 radical (unpaired) electrons. The summed E-state index contributed by atoms with van der Waals surface area (Å²) in [6.45, 7) is 4.52. The van der Waals surface area contributed by atoms with Gasteiger partial charge in [-0.25, -0.2) is 0 Å². The van der Waals surface area contributed by atoms with Gasteiger partial charge in [0, 0.05) is 0 Å². The van der Waals surface area contributed by atoms with Crippen LogP contribution in [0.2, 0.25) is 0 Å². The highest BCUT2D eigenvalue weighted by atomic mass is 14.0. The van der Waals surface area contributed by atoms with Crippen LogP contribution in [-0.4, -0.2) is 7.28 Å². The van der Waals surface area contributed by atoms with E-state index in [9.17, 15) is 0 Å². The summed E-state index contributed by atoms with van der Waals surface area (Å²) in [5.41, 5.74) is 3.19. The zero-order valence-corrected chi connectivity index (χ0v) is 8.97. The Bertz CT molecular complexity index is 201. The lowest BCUT2D eigenvalue weighted by Gasteiger charge is -2.05. The van der Waals surface area contributed by atoms with Gasteiger partial charge in [0.05, 0.1) is 0 Å². The number of hydrogen-bond donors (Lipinski definition) is 0. The van der Waals surface area contributed by atoms with Gasteiger partial charge < -0.3 is 0 Å². The van der Waals surface area contributed by atoms with Crippen molar-refractivity contribution in [3.63, 3.8) is 0 Å². The van der Waals surface area contributed by atoms with Crippen LogP contribution in [-0.2, 0) is 0 Å². The third-order valence-electron chi connectivity index (χ3n) is 2.61. The van der Waals surface area contributed by atoms with Crippen LogP contribution in [0.5, 0.6) is 0 Å². The molecule has 71 valence electrons. The van der Waals surface area contributed by atoms with Gasteiger partial charge in [-0.2, -0.15) is 0 Å². The van der Waals surface area contributed by atoms with Crippen LogP contribution < -0.4 is 0 Å². The zero-order chi connectivity index (χ0) is 9.52. The Morgan fingerprint density at radius 1 is 1.08 bits per heavy atom. The first kappa shape index (κ1) is 10.6. The molecule has 1 rings (SSSR count). The molecule has 0 nitrogen and oxygen atoms in total. The topological polar surface area (TPSA) is 0 Å². The fraction of sp³-hybridized carbons (Fsp3) is 0.667. The molecule has 1 aliphatic rings. The van der Waals surface area contributed by atoms with E-state index in [-0.39, 0.29) is 0 Å². The van der Waals surface area contributed by atoms with Crippen LogP contribution in [0.15, 0.2) is 23.1 Å². The summed E-state index contributed by atoms with van der Waals surface area (Å²) in [6.07, 6.45) is 10.1. The van der Waals surface area contributed by atoms with Crippen molar-refractivity contribution in [3.8, 4) is 0 Å². The van der Waals surface area contributed by atoms with E-state index in [1.807, 2.05) is 0 Å². The molecule has 13 heavy (non-hydrogen) atoms. The maximum absolute atomic E-state index is 2.29. The van der Waals surface area contributed by atoms with E-state index in [1.165, 1.54) is 38.5 Å². The van der Waals surface area contributed by atoms with E-state index in [1.54, 1.807) is 11.0 Å². The predicted octanol–water partition coefficient (Wildman–Crippen LogP) is 3.85. The smallest absolute Gasteiger partial charge is 0.116 e. The Hall–Kier alpha value is -0.455. The molecule has 0 aromatic heterocycles. The lowest BCUT2D eigenvalue weighted by atomic mass is 9.70. The van der Waals surface area contributed by atoms with Crippen molar-refractivity contribution in [3.05, 3.63) is 23.1 Å². The molecule has 0 amide bonds. The van der Waals surface area contributed by atoms with Crippen molar-refractivity contribution in [1.82, 2.24) is 0 Å². The summed E-state index contributed by atoms with van der Waals surface area (Å²) in [4.78, 5) is 0. The van der Waals surface area contributed by atoms with Gasteiger partial charge in [-0.1, -0.05) is 44.8 Å². The van der Waals surface area contributed by atoms with Crippen molar-refractivity contribution in [2.24, 2.45) is 0 Å². The Labute approximate surface area is 83.4 Å². The summed E-state index contributed by atoms with van der Waals surface area (Å²) in [5, 5.41) is 0. The third kappa shape index (κ3) is 3.42. The SMILES string of the molecule is CCCCC1=C(CCCC)C=C[B]1. The summed E-state index contributed by atoms with van der Waals surface area (Å²) in [6, 6.07) is 0. The Balaban J connectivity index is 2.39. The molecule has 0 unspecified atom stereocenters. The minimum absolute atomic E-state index is 1.28. The molecule has 0 saturated carbocycles. The van der Waals surface area contributed by atoms with Crippen molar-refractivity contribution in [2.75, 3.05) is 0 Å². The van der Waals surface area contributed by atoms with Crippen LogP contribution in [0.4, 0.5) is 0 Å². The van der Waals surface area contributed by atoms with E-state index in [2.05, 4.69) is 33.2 Å². The number of allylic oxidation sites excluding steroid dienone is 3. The van der Waals surface area contributed by atoms with Gasteiger partial charge in [0.15, 0.2) is 7.28 Å². The van der Waals surface area contributed by atoms with Gasteiger partial charge >= 0.3 is 0 Å².